The first-order chi connectivity index (χ1) is 15.1. The number of aliphatic hydroxyl groups excluding tert-OH is 1. The molecular formula is C24H34N4O3. The number of methoxy groups -OCH3 is 2. The van der Waals surface area contributed by atoms with Crippen molar-refractivity contribution in [1.82, 2.24) is 10.6 Å². The molecule has 0 bridgehead atoms. The molecule has 7 nitrogen and oxygen atoms in total. The topological polar surface area (TPSA) is 78.4 Å². The number of aliphatic imine (C=N–C) groups is 1. The first-order valence-corrected chi connectivity index (χ1v) is 10.9. The Kier molecular flexibility index (Phi) is 8.41. The molecule has 1 aliphatic rings. The van der Waals surface area contributed by atoms with E-state index in [0.717, 1.165) is 54.8 Å². The molecule has 0 saturated carbocycles. The summed E-state index contributed by atoms with van der Waals surface area (Å²) in [5.41, 5.74) is 2.20. The molecule has 2 unspecified atom stereocenters. The smallest absolute Gasteiger partial charge is 0.191 e. The predicted octanol–water partition coefficient (Wildman–Crippen LogP) is 2.44. The number of nitrogens with zero attached hydrogens (tertiary/aromatic N) is 2. The zero-order valence-corrected chi connectivity index (χ0v) is 18.7. The van der Waals surface area contributed by atoms with Crippen LogP contribution in [0.4, 0.5) is 5.69 Å². The molecule has 0 spiro atoms. The third-order valence-electron chi connectivity index (χ3n) is 5.35. The minimum atomic E-state index is -0.512. The van der Waals surface area contributed by atoms with E-state index in [-0.39, 0.29) is 6.04 Å². The summed E-state index contributed by atoms with van der Waals surface area (Å²) >= 11 is 0. The van der Waals surface area contributed by atoms with Gasteiger partial charge in [0.25, 0.3) is 0 Å². The SMILES string of the molecule is CCNC(=NCC(O)Cc1ccccc1)NC1CCN(c2cc(OC)cc(OC)c2)C1. The van der Waals surface area contributed by atoms with Gasteiger partial charge in [-0.15, -0.1) is 0 Å². The van der Waals surface area contributed by atoms with Crippen LogP contribution in [-0.2, 0) is 6.42 Å². The minimum Gasteiger partial charge on any atom is -0.497 e. The normalized spacial score (nSPS) is 17.4. The molecule has 1 aliphatic heterocycles. The highest BCUT2D eigenvalue weighted by molar-refractivity contribution is 5.80. The van der Waals surface area contributed by atoms with Gasteiger partial charge in [0.15, 0.2) is 5.96 Å². The molecule has 0 aromatic heterocycles. The van der Waals surface area contributed by atoms with Crippen LogP contribution in [0.25, 0.3) is 0 Å². The second kappa shape index (κ2) is 11.5. The van der Waals surface area contributed by atoms with Crippen LogP contribution in [0.15, 0.2) is 53.5 Å². The van der Waals surface area contributed by atoms with Gasteiger partial charge in [0.1, 0.15) is 11.5 Å². The number of guanidine groups is 1. The van der Waals surface area contributed by atoms with Gasteiger partial charge < -0.3 is 30.1 Å². The predicted molar refractivity (Wildman–Crippen MR) is 125 cm³/mol. The summed E-state index contributed by atoms with van der Waals surface area (Å²) in [6, 6.07) is 16.2. The number of benzene rings is 2. The maximum Gasteiger partial charge on any atom is 0.191 e. The molecule has 3 N–H and O–H groups in total. The fraction of sp³-hybridized carbons (Fsp3) is 0.458. The Morgan fingerprint density at radius 3 is 2.52 bits per heavy atom. The van der Waals surface area contributed by atoms with Crippen molar-refractivity contribution in [3.8, 4) is 11.5 Å². The minimum absolute atomic E-state index is 0.265. The molecule has 2 aromatic rings. The fourth-order valence-corrected chi connectivity index (χ4v) is 3.75. The maximum absolute atomic E-state index is 10.4. The summed E-state index contributed by atoms with van der Waals surface area (Å²) in [5.74, 6) is 2.31. The van der Waals surface area contributed by atoms with E-state index in [9.17, 15) is 5.11 Å². The quantitative estimate of drug-likeness (QED) is 0.422. The summed E-state index contributed by atoms with van der Waals surface area (Å²) in [5, 5.41) is 17.2. The Labute approximate surface area is 185 Å². The van der Waals surface area contributed by atoms with Gasteiger partial charge in [-0.25, -0.2) is 0 Å². The molecule has 168 valence electrons. The van der Waals surface area contributed by atoms with E-state index in [4.69, 9.17) is 9.47 Å². The van der Waals surface area contributed by atoms with Gasteiger partial charge >= 0.3 is 0 Å². The fourth-order valence-electron chi connectivity index (χ4n) is 3.75. The molecule has 0 radical (unpaired) electrons. The largest absolute Gasteiger partial charge is 0.497 e. The molecule has 0 aliphatic carbocycles. The monoisotopic (exact) mass is 426 g/mol. The molecule has 1 saturated heterocycles. The molecule has 3 rings (SSSR count). The van der Waals surface area contributed by atoms with E-state index in [1.807, 2.05) is 55.5 Å². The van der Waals surface area contributed by atoms with Crippen molar-refractivity contribution >= 4 is 11.6 Å². The first-order valence-electron chi connectivity index (χ1n) is 10.9. The summed E-state index contributed by atoms with van der Waals surface area (Å²) < 4.78 is 10.8. The summed E-state index contributed by atoms with van der Waals surface area (Å²) in [7, 11) is 3.33. The van der Waals surface area contributed by atoms with Crippen molar-refractivity contribution in [1.29, 1.82) is 0 Å². The summed E-state index contributed by atoms with van der Waals surface area (Å²) in [6.07, 6.45) is 1.08. The molecule has 0 amide bonds. The van der Waals surface area contributed by atoms with Gasteiger partial charge in [0.05, 0.1) is 26.9 Å². The lowest BCUT2D eigenvalue weighted by molar-refractivity contribution is 0.183. The van der Waals surface area contributed by atoms with Gasteiger partial charge in [0, 0.05) is 56.0 Å². The highest BCUT2D eigenvalue weighted by atomic mass is 16.5. The van der Waals surface area contributed by atoms with E-state index in [2.05, 4.69) is 20.5 Å². The van der Waals surface area contributed by atoms with Crippen LogP contribution in [-0.4, -0.2) is 63.6 Å². The van der Waals surface area contributed by atoms with E-state index in [0.29, 0.717) is 13.0 Å². The average molecular weight is 427 g/mol. The van der Waals surface area contributed by atoms with Gasteiger partial charge in [-0.05, 0) is 18.9 Å². The third kappa shape index (κ3) is 6.79. The lowest BCUT2D eigenvalue weighted by Gasteiger charge is -2.21. The van der Waals surface area contributed by atoms with Crippen LogP contribution in [0.2, 0.25) is 0 Å². The van der Waals surface area contributed by atoms with Crippen LogP contribution < -0.4 is 25.0 Å². The third-order valence-corrected chi connectivity index (χ3v) is 5.35. The van der Waals surface area contributed by atoms with E-state index >= 15 is 0 Å². The second-order valence-corrected chi connectivity index (χ2v) is 7.71. The van der Waals surface area contributed by atoms with Crippen LogP contribution in [0.3, 0.4) is 0 Å². The first kappa shape index (κ1) is 22.7. The summed E-state index contributed by atoms with van der Waals surface area (Å²) in [4.78, 5) is 6.93. The Bertz CT molecular complexity index is 822. The Morgan fingerprint density at radius 2 is 1.87 bits per heavy atom. The van der Waals surface area contributed by atoms with Crippen molar-refractivity contribution < 1.29 is 14.6 Å². The van der Waals surface area contributed by atoms with E-state index < -0.39 is 6.10 Å². The number of ether oxygens (including phenoxy) is 2. The van der Waals surface area contributed by atoms with Crippen molar-refractivity contribution in [3.63, 3.8) is 0 Å². The van der Waals surface area contributed by atoms with Gasteiger partial charge in [-0.3, -0.25) is 4.99 Å². The number of anilines is 1. The molecule has 7 heteroatoms. The second-order valence-electron chi connectivity index (χ2n) is 7.71. The number of rotatable bonds is 9. The zero-order valence-electron chi connectivity index (χ0n) is 18.7. The number of nitrogens with one attached hydrogen (secondary N) is 2. The number of hydrogen-bond acceptors (Lipinski definition) is 5. The Morgan fingerprint density at radius 1 is 1.16 bits per heavy atom. The number of aliphatic hydroxyl groups is 1. The Hall–Kier alpha value is -2.93. The molecule has 2 aromatic carbocycles. The van der Waals surface area contributed by atoms with Gasteiger partial charge in [-0.1, -0.05) is 30.3 Å². The van der Waals surface area contributed by atoms with Crippen molar-refractivity contribution in [2.75, 3.05) is 45.3 Å². The van der Waals surface area contributed by atoms with E-state index in [1.165, 1.54) is 0 Å². The highest BCUT2D eigenvalue weighted by Crippen LogP contribution is 2.30. The van der Waals surface area contributed by atoms with Crippen molar-refractivity contribution in [2.45, 2.75) is 31.9 Å². The van der Waals surface area contributed by atoms with Gasteiger partial charge in [0.2, 0.25) is 0 Å². The summed E-state index contributed by atoms with van der Waals surface area (Å²) in [6.45, 7) is 4.95. The van der Waals surface area contributed by atoms with Crippen molar-refractivity contribution in [2.24, 2.45) is 4.99 Å². The van der Waals surface area contributed by atoms with Crippen LogP contribution in [0.1, 0.15) is 18.9 Å². The Balaban J connectivity index is 1.57. The highest BCUT2D eigenvalue weighted by Gasteiger charge is 2.24. The number of hydrogen-bond donors (Lipinski definition) is 3. The van der Waals surface area contributed by atoms with Crippen LogP contribution >= 0.6 is 0 Å². The van der Waals surface area contributed by atoms with Crippen molar-refractivity contribution in [3.05, 3.63) is 54.1 Å². The molecule has 31 heavy (non-hydrogen) atoms. The van der Waals surface area contributed by atoms with E-state index in [1.54, 1.807) is 14.2 Å². The zero-order chi connectivity index (χ0) is 22.1. The molecular weight excluding hydrogens is 392 g/mol. The lowest BCUT2D eigenvalue weighted by atomic mass is 10.1. The molecule has 2 atom stereocenters. The van der Waals surface area contributed by atoms with Gasteiger partial charge in [-0.2, -0.15) is 0 Å². The standard InChI is InChI=1S/C24H34N4O3/c1-4-25-24(26-16-21(29)12-18-8-6-5-7-9-18)27-19-10-11-28(17-19)20-13-22(30-2)15-23(14-20)31-3/h5-9,13-15,19,21,29H,4,10-12,16-17H2,1-3H3,(H2,25,26,27). The lowest BCUT2D eigenvalue weighted by Crippen LogP contribution is -2.45. The van der Waals surface area contributed by atoms with Crippen LogP contribution in [0.5, 0.6) is 11.5 Å². The van der Waals surface area contributed by atoms with Crippen LogP contribution in [0, 0.1) is 0 Å². The molecule has 1 heterocycles. The maximum atomic E-state index is 10.4. The molecule has 1 fully saturated rings. The average Bonchev–Trinajstić information content (AvgIpc) is 3.26.